The maximum absolute atomic E-state index is 4.32. The molecule has 0 saturated carbocycles. The van der Waals surface area contributed by atoms with Crippen molar-refractivity contribution in [3.63, 3.8) is 0 Å². The van der Waals surface area contributed by atoms with Gasteiger partial charge in [0.05, 0.1) is 0 Å². The van der Waals surface area contributed by atoms with Gasteiger partial charge in [0.15, 0.2) is 5.65 Å². The molecule has 0 amide bonds. The lowest BCUT2D eigenvalue weighted by atomic mass is 10.0. The van der Waals surface area contributed by atoms with Crippen molar-refractivity contribution in [3.8, 4) is 11.1 Å². The third kappa shape index (κ3) is 2.77. The highest BCUT2D eigenvalue weighted by Gasteiger charge is 2.05. The Bertz CT molecular complexity index is 926. The van der Waals surface area contributed by atoms with Crippen molar-refractivity contribution >= 4 is 22.4 Å². The van der Waals surface area contributed by atoms with E-state index in [0.717, 1.165) is 33.5 Å². The van der Waals surface area contributed by atoms with Gasteiger partial charge in [-0.2, -0.15) is 0 Å². The van der Waals surface area contributed by atoms with Crippen molar-refractivity contribution < 1.29 is 0 Å². The number of benzene rings is 2. The van der Waals surface area contributed by atoms with E-state index in [9.17, 15) is 0 Å². The van der Waals surface area contributed by atoms with Gasteiger partial charge in [0.2, 0.25) is 0 Å². The van der Waals surface area contributed by atoms with Crippen molar-refractivity contribution in [2.45, 2.75) is 0 Å². The maximum atomic E-state index is 4.32. The second-order valence-electron chi connectivity index (χ2n) is 5.30. The van der Waals surface area contributed by atoms with E-state index in [2.05, 4.69) is 57.7 Å². The molecule has 110 valence electrons. The first-order valence-corrected chi connectivity index (χ1v) is 7.52. The Morgan fingerprint density at radius 2 is 1.35 bits per heavy atom. The van der Waals surface area contributed by atoms with Crippen LogP contribution in [0, 0.1) is 0 Å². The Hall–Kier alpha value is -3.20. The Balaban J connectivity index is 1.68. The van der Waals surface area contributed by atoms with E-state index >= 15 is 0 Å². The van der Waals surface area contributed by atoms with Gasteiger partial charge in [-0.25, -0.2) is 9.97 Å². The fourth-order valence-electron chi connectivity index (χ4n) is 2.66. The van der Waals surface area contributed by atoms with Gasteiger partial charge in [-0.15, -0.1) is 0 Å². The van der Waals surface area contributed by atoms with Gasteiger partial charge in [0, 0.05) is 29.2 Å². The Morgan fingerprint density at radius 3 is 2.17 bits per heavy atom. The molecule has 0 aliphatic heterocycles. The SMILES string of the molecule is c1ccc(Nc2ccc(-c3ccnc4ncccc34)cc2)cc1. The van der Waals surface area contributed by atoms with E-state index in [1.807, 2.05) is 30.3 Å². The molecule has 0 aliphatic rings. The molecule has 23 heavy (non-hydrogen) atoms. The highest BCUT2D eigenvalue weighted by atomic mass is 14.9. The van der Waals surface area contributed by atoms with Gasteiger partial charge in [-0.3, -0.25) is 0 Å². The molecule has 0 spiro atoms. The summed E-state index contributed by atoms with van der Waals surface area (Å²) < 4.78 is 0. The van der Waals surface area contributed by atoms with Crippen LogP contribution in [0.5, 0.6) is 0 Å². The van der Waals surface area contributed by atoms with Crippen LogP contribution in [0.3, 0.4) is 0 Å². The van der Waals surface area contributed by atoms with Gasteiger partial charge >= 0.3 is 0 Å². The summed E-state index contributed by atoms with van der Waals surface area (Å²) in [7, 11) is 0. The van der Waals surface area contributed by atoms with Crippen LogP contribution in [-0.2, 0) is 0 Å². The van der Waals surface area contributed by atoms with Crippen LogP contribution in [0.4, 0.5) is 11.4 Å². The number of nitrogens with zero attached hydrogens (tertiary/aromatic N) is 2. The van der Waals surface area contributed by atoms with Crippen molar-refractivity contribution in [1.29, 1.82) is 0 Å². The minimum Gasteiger partial charge on any atom is -0.356 e. The van der Waals surface area contributed by atoms with Crippen LogP contribution in [0.1, 0.15) is 0 Å². The van der Waals surface area contributed by atoms with Gasteiger partial charge < -0.3 is 5.32 Å². The molecule has 0 radical (unpaired) electrons. The fourth-order valence-corrected chi connectivity index (χ4v) is 2.66. The molecule has 3 heteroatoms. The lowest BCUT2D eigenvalue weighted by Crippen LogP contribution is -1.90. The van der Waals surface area contributed by atoms with E-state index in [4.69, 9.17) is 0 Å². The molecule has 2 aromatic heterocycles. The lowest BCUT2D eigenvalue weighted by Gasteiger charge is -2.09. The number of pyridine rings is 2. The minimum atomic E-state index is 0.775. The summed E-state index contributed by atoms with van der Waals surface area (Å²) in [6.45, 7) is 0. The highest BCUT2D eigenvalue weighted by molar-refractivity contribution is 5.92. The number of fused-ring (bicyclic) bond motifs is 1. The second kappa shape index (κ2) is 5.89. The number of rotatable bonds is 3. The predicted octanol–water partition coefficient (Wildman–Crippen LogP) is 5.04. The van der Waals surface area contributed by atoms with Crippen molar-refractivity contribution in [3.05, 3.63) is 85.2 Å². The van der Waals surface area contributed by atoms with E-state index in [-0.39, 0.29) is 0 Å². The molecule has 4 aromatic rings. The average Bonchev–Trinajstić information content (AvgIpc) is 2.63. The third-order valence-electron chi connectivity index (χ3n) is 3.77. The van der Waals surface area contributed by atoms with Crippen LogP contribution in [-0.4, -0.2) is 9.97 Å². The van der Waals surface area contributed by atoms with Gasteiger partial charge in [0.25, 0.3) is 0 Å². The third-order valence-corrected chi connectivity index (χ3v) is 3.77. The van der Waals surface area contributed by atoms with E-state index in [1.165, 1.54) is 0 Å². The number of hydrogen-bond acceptors (Lipinski definition) is 3. The molecule has 0 bridgehead atoms. The van der Waals surface area contributed by atoms with Crippen LogP contribution in [0.2, 0.25) is 0 Å². The molecule has 2 heterocycles. The minimum absolute atomic E-state index is 0.775. The summed E-state index contributed by atoms with van der Waals surface area (Å²) in [5.74, 6) is 0. The van der Waals surface area contributed by atoms with E-state index in [1.54, 1.807) is 12.4 Å². The maximum Gasteiger partial charge on any atom is 0.159 e. The summed E-state index contributed by atoms with van der Waals surface area (Å²) >= 11 is 0. The van der Waals surface area contributed by atoms with Crippen LogP contribution in [0.15, 0.2) is 85.2 Å². The topological polar surface area (TPSA) is 37.8 Å². The van der Waals surface area contributed by atoms with E-state index in [0.29, 0.717) is 0 Å². The fraction of sp³-hybridized carbons (Fsp3) is 0. The van der Waals surface area contributed by atoms with Gasteiger partial charge in [0.1, 0.15) is 0 Å². The molecule has 4 rings (SSSR count). The molecule has 0 saturated heterocycles. The number of hydrogen-bond donors (Lipinski definition) is 1. The first-order chi connectivity index (χ1) is 11.4. The quantitative estimate of drug-likeness (QED) is 0.575. The molecule has 0 aliphatic carbocycles. The van der Waals surface area contributed by atoms with Gasteiger partial charge in [-0.1, -0.05) is 30.3 Å². The lowest BCUT2D eigenvalue weighted by molar-refractivity contribution is 1.29. The summed E-state index contributed by atoms with van der Waals surface area (Å²) in [5, 5.41) is 4.46. The monoisotopic (exact) mass is 297 g/mol. The van der Waals surface area contributed by atoms with Crippen molar-refractivity contribution in [1.82, 2.24) is 9.97 Å². The summed E-state index contributed by atoms with van der Waals surface area (Å²) in [6, 6.07) is 24.6. The summed E-state index contributed by atoms with van der Waals surface area (Å²) in [5.41, 5.74) is 5.23. The Morgan fingerprint density at radius 1 is 0.609 bits per heavy atom. The Labute approximate surface area is 134 Å². The summed E-state index contributed by atoms with van der Waals surface area (Å²) in [6.07, 6.45) is 3.58. The number of para-hydroxylation sites is 1. The Kier molecular flexibility index (Phi) is 3.45. The molecule has 0 atom stereocenters. The highest BCUT2D eigenvalue weighted by Crippen LogP contribution is 2.28. The zero-order valence-electron chi connectivity index (χ0n) is 12.5. The molecule has 3 nitrogen and oxygen atoms in total. The zero-order valence-corrected chi connectivity index (χ0v) is 12.5. The van der Waals surface area contributed by atoms with Crippen molar-refractivity contribution in [2.24, 2.45) is 0 Å². The summed E-state index contributed by atoms with van der Waals surface area (Å²) in [4.78, 5) is 8.63. The zero-order chi connectivity index (χ0) is 15.5. The van der Waals surface area contributed by atoms with Crippen LogP contribution >= 0.6 is 0 Å². The smallest absolute Gasteiger partial charge is 0.159 e. The first kappa shape index (κ1) is 13.5. The molecule has 0 unspecified atom stereocenters. The second-order valence-corrected chi connectivity index (χ2v) is 5.30. The molecule has 0 fully saturated rings. The largest absolute Gasteiger partial charge is 0.356 e. The predicted molar refractivity (Wildman–Crippen MR) is 94.7 cm³/mol. The molecule has 2 aromatic carbocycles. The molecular weight excluding hydrogens is 282 g/mol. The van der Waals surface area contributed by atoms with Crippen LogP contribution < -0.4 is 5.32 Å². The van der Waals surface area contributed by atoms with E-state index < -0.39 is 0 Å². The number of aromatic nitrogens is 2. The average molecular weight is 297 g/mol. The first-order valence-electron chi connectivity index (χ1n) is 7.52. The van der Waals surface area contributed by atoms with Crippen molar-refractivity contribution in [2.75, 3.05) is 5.32 Å². The standard InChI is InChI=1S/C20H15N3/c1-2-5-16(6-3-1)23-17-10-8-15(9-11-17)18-12-14-22-20-19(18)7-4-13-21-20/h1-14,23H. The number of nitrogens with one attached hydrogen (secondary N) is 1. The van der Waals surface area contributed by atoms with Gasteiger partial charge in [-0.05, 0) is 53.6 Å². The normalized spacial score (nSPS) is 10.6. The number of anilines is 2. The molecular formula is C20H15N3. The van der Waals surface area contributed by atoms with Crippen LogP contribution in [0.25, 0.3) is 22.2 Å². The molecule has 1 N–H and O–H groups in total.